The van der Waals surface area contributed by atoms with Gasteiger partial charge >= 0.3 is 10.2 Å². The van der Waals surface area contributed by atoms with Gasteiger partial charge in [0.1, 0.15) is 5.75 Å². The number of carbonyl (C=O) groups is 1. The molecule has 1 aliphatic rings. The zero-order valence-electron chi connectivity index (χ0n) is 18.7. The fourth-order valence-corrected chi connectivity index (χ4v) is 5.48. The first-order chi connectivity index (χ1) is 16.4. The number of aromatic nitrogens is 4. The lowest BCUT2D eigenvalue weighted by Gasteiger charge is -2.41. The highest BCUT2D eigenvalue weighted by molar-refractivity contribution is 7.90. The van der Waals surface area contributed by atoms with E-state index >= 15 is 0 Å². The Hall–Kier alpha value is -3.51. The van der Waals surface area contributed by atoms with Crippen molar-refractivity contribution >= 4 is 22.1 Å². The van der Waals surface area contributed by atoms with Crippen LogP contribution in [0.5, 0.6) is 5.75 Å². The monoisotopic (exact) mass is 485 g/mol. The molecule has 3 aromatic rings. The van der Waals surface area contributed by atoms with Gasteiger partial charge in [-0.25, -0.2) is 9.82 Å². The molecule has 1 aliphatic carbocycles. The lowest BCUT2D eigenvalue weighted by molar-refractivity contribution is 0.0932. The van der Waals surface area contributed by atoms with Crippen LogP contribution in [0.1, 0.15) is 41.6 Å². The summed E-state index contributed by atoms with van der Waals surface area (Å²) >= 11 is 0. The second kappa shape index (κ2) is 10.2. The molecule has 34 heavy (non-hydrogen) atoms. The van der Waals surface area contributed by atoms with Gasteiger partial charge in [-0.2, -0.15) is 13.1 Å². The first-order valence-electron chi connectivity index (χ1n) is 10.9. The van der Waals surface area contributed by atoms with E-state index in [-0.39, 0.29) is 23.3 Å². The summed E-state index contributed by atoms with van der Waals surface area (Å²) in [5.74, 6) is 0.253. The van der Waals surface area contributed by atoms with Gasteiger partial charge < -0.3 is 10.1 Å². The van der Waals surface area contributed by atoms with Crippen molar-refractivity contribution in [3.63, 3.8) is 0 Å². The van der Waals surface area contributed by atoms with E-state index in [2.05, 4.69) is 47.5 Å². The Morgan fingerprint density at radius 2 is 1.82 bits per heavy atom. The second-order valence-corrected chi connectivity index (χ2v) is 9.72. The number of hydrogen-bond donors (Lipinski definition) is 4. The average molecular weight is 486 g/mol. The molecule has 0 saturated heterocycles. The number of tetrazole rings is 1. The number of amides is 1. The average Bonchev–Trinajstić information content (AvgIpc) is 3.36. The smallest absolute Gasteiger partial charge is 0.301 e. The van der Waals surface area contributed by atoms with Gasteiger partial charge in [0.15, 0.2) is 0 Å². The maximum absolute atomic E-state index is 12.9. The molecule has 1 aromatic heterocycles. The Morgan fingerprint density at radius 3 is 2.50 bits per heavy atom. The van der Waals surface area contributed by atoms with Crippen molar-refractivity contribution in [2.45, 2.75) is 37.1 Å². The minimum absolute atomic E-state index is 0.0546. The number of hydrogen-bond acceptors (Lipinski definition) is 7. The van der Waals surface area contributed by atoms with E-state index in [1.807, 2.05) is 24.3 Å². The minimum Gasteiger partial charge on any atom is -0.496 e. The number of para-hydroxylation sites is 1. The van der Waals surface area contributed by atoms with Crippen LogP contribution in [0.25, 0.3) is 0 Å². The third-order valence-corrected chi connectivity index (χ3v) is 7.27. The summed E-state index contributed by atoms with van der Waals surface area (Å²) in [6.07, 6.45) is 2.60. The summed E-state index contributed by atoms with van der Waals surface area (Å²) < 4.78 is 35.1. The van der Waals surface area contributed by atoms with Crippen LogP contribution >= 0.6 is 0 Å². The summed E-state index contributed by atoms with van der Waals surface area (Å²) in [5, 5.41) is 15.7. The molecule has 4 N–H and O–H groups in total. The highest BCUT2D eigenvalue weighted by atomic mass is 32.2. The van der Waals surface area contributed by atoms with Crippen molar-refractivity contribution < 1.29 is 17.9 Å². The lowest BCUT2D eigenvalue weighted by atomic mass is 9.68. The van der Waals surface area contributed by atoms with Crippen LogP contribution in [0.4, 0.5) is 5.95 Å². The van der Waals surface area contributed by atoms with Gasteiger partial charge in [0.05, 0.1) is 12.7 Å². The molecule has 180 valence electrons. The number of carbonyl (C=O) groups excluding carboxylic acids is 1. The predicted octanol–water partition coefficient (Wildman–Crippen LogP) is 1.77. The summed E-state index contributed by atoms with van der Waals surface area (Å²) in [4.78, 5) is 12.9. The molecule has 0 atom stereocenters. The fraction of sp³-hybridized carbons (Fsp3) is 0.364. The molecular weight excluding hydrogens is 458 g/mol. The lowest BCUT2D eigenvalue weighted by Crippen LogP contribution is -2.48. The van der Waals surface area contributed by atoms with Gasteiger partial charge in [-0.15, -0.1) is 0 Å². The largest absolute Gasteiger partial charge is 0.496 e. The molecule has 1 fully saturated rings. The Kier molecular flexibility index (Phi) is 7.08. The minimum atomic E-state index is -3.83. The molecule has 11 nitrogen and oxygen atoms in total. The fourth-order valence-electron chi connectivity index (χ4n) is 4.40. The summed E-state index contributed by atoms with van der Waals surface area (Å²) in [6, 6.07) is 16.8. The number of anilines is 1. The third kappa shape index (κ3) is 5.51. The summed E-state index contributed by atoms with van der Waals surface area (Å²) in [5.41, 5.74) is 1.27. The predicted molar refractivity (Wildman–Crippen MR) is 126 cm³/mol. The Morgan fingerprint density at radius 1 is 1.12 bits per heavy atom. The Balaban J connectivity index is 1.45. The number of nitrogens with zero attached hydrogens (tertiary/aromatic N) is 3. The molecule has 0 unspecified atom stereocenters. The first kappa shape index (κ1) is 23.6. The Labute approximate surface area is 197 Å². The quantitative estimate of drug-likeness (QED) is 0.360. The van der Waals surface area contributed by atoms with Crippen LogP contribution in [0.3, 0.4) is 0 Å². The van der Waals surface area contributed by atoms with Crippen molar-refractivity contribution in [1.29, 1.82) is 0 Å². The number of rotatable bonds is 9. The normalized spacial score (nSPS) is 20.4. The molecule has 1 amide bonds. The number of H-pyrrole nitrogens is 1. The molecule has 0 radical (unpaired) electrons. The van der Waals surface area contributed by atoms with Crippen molar-refractivity contribution in [2.75, 3.05) is 18.4 Å². The maximum Gasteiger partial charge on any atom is 0.301 e. The van der Waals surface area contributed by atoms with E-state index in [9.17, 15) is 13.2 Å². The van der Waals surface area contributed by atoms with Gasteiger partial charge in [0.2, 0.25) is 0 Å². The van der Waals surface area contributed by atoms with Gasteiger partial charge in [-0.3, -0.25) is 4.79 Å². The molecule has 1 heterocycles. The van der Waals surface area contributed by atoms with Gasteiger partial charge in [-0.1, -0.05) is 47.6 Å². The topological polar surface area (TPSA) is 151 Å². The highest BCUT2D eigenvalue weighted by Crippen LogP contribution is 2.39. The molecular formula is C22H27N7O4S. The zero-order valence-corrected chi connectivity index (χ0v) is 19.5. The van der Waals surface area contributed by atoms with E-state index in [1.165, 1.54) is 7.11 Å². The van der Waals surface area contributed by atoms with Crippen LogP contribution in [-0.4, -0.2) is 54.6 Å². The van der Waals surface area contributed by atoms with E-state index in [0.29, 0.717) is 43.5 Å². The maximum atomic E-state index is 12.9. The van der Waals surface area contributed by atoms with Crippen molar-refractivity contribution in [1.82, 2.24) is 30.7 Å². The summed E-state index contributed by atoms with van der Waals surface area (Å²) in [7, 11) is -2.30. The molecule has 0 spiro atoms. The van der Waals surface area contributed by atoms with Crippen LogP contribution in [0.2, 0.25) is 0 Å². The molecule has 1 saturated carbocycles. The molecule has 12 heteroatoms. The van der Waals surface area contributed by atoms with Crippen LogP contribution in [0.15, 0.2) is 54.6 Å². The van der Waals surface area contributed by atoms with Gasteiger partial charge in [-0.05, 0) is 53.8 Å². The SMILES string of the molecule is COc1ccccc1C(=O)NC[C@]1(c2ccccc2)CC[C@H](NS(=O)(=O)Nc2nnn[nH]2)CC1. The number of ether oxygens (including phenoxy) is 1. The molecule has 0 bridgehead atoms. The number of methoxy groups -OCH3 is 1. The number of nitrogens with one attached hydrogen (secondary N) is 4. The summed E-state index contributed by atoms with van der Waals surface area (Å²) in [6.45, 7) is 0.426. The first-order valence-corrected chi connectivity index (χ1v) is 12.4. The van der Waals surface area contributed by atoms with Crippen LogP contribution < -0.4 is 19.5 Å². The number of benzene rings is 2. The molecule has 0 aliphatic heterocycles. The Bertz CT molecular complexity index is 1200. The van der Waals surface area contributed by atoms with Crippen LogP contribution in [0, 0.1) is 0 Å². The van der Waals surface area contributed by atoms with Crippen molar-refractivity contribution in [3.8, 4) is 5.75 Å². The van der Waals surface area contributed by atoms with Crippen LogP contribution in [-0.2, 0) is 15.6 Å². The van der Waals surface area contributed by atoms with E-state index < -0.39 is 10.2 Å². The van der Waals surface area contributed by atoms with E-state index in [1.54, 1.807) is 18.2 Å². The van der Waals surface area contributed by atoms with Crippen molar-refractivity contribution in [3.05, 3.63) is 65.7 Å². The molecule has 4 rings (SSSR count). The third-order valence-electron chi connectivity index (χ3n) is 6.17. The van der Waals surface area contributed by atoms with Gasteiger partial charge in [0, 0.05) is 18.0 Å². The second-order valence-electron chi connectivity index (χ2n) is 8.28. The number of aromatic amines is 1. The van der Waals surface area contributed by atoms with Gasteiger partial charge in [0.25, 0.3) is 11.9 Å². The van der Waals surface area contributed by atoms with Crippen molar-refractivity contribution in [2.24, 2.45) is 0 Å². The van der Waals surface area contributed by atoms with E-state index in [4.69, 9.17) is 4.74 Å². The molecule has 2 aromatic carbocycles. The van der Waals surface area contributed by atoms with E-state index in [0.717, 1.165) is 5.56 Å². The highest BCUT2D eigenvalue weighted by Gasteiger charge is 2.38. The standard InChI is InChI=1S/C22H27N7O4S/c1-33-19-10-6-5-9-18(19)20(30)23-15-22(16-7-3-2-4-8-16)13-11-17(12-14-22)26-34(31,32)27-21-24-28-29-25-21/h2-10,17,26H,11-15H2,1H3,(H,23,30)(H2,24,25,27,28,29)/t17-,22-. The zero-order chi connectivity index (χ0) is 24.0.